The zero-order valence-electron chi connectivity index (χ0n) is 26.0. The van der Waals surface area contributed by atoms with Crippen LogP contribution >= 0.6 is 10.5 Å². The molecule has 0 fully saturated rings. The number of hydrogen-bond acceptors (Lipinski definition) is 2. The van der Waals surface area contributed by atoms with Crippen molar-refractivity contribution in [3.8, 4) is 22.9 Å². The van der Waals surface area contributed by atoms with Crippen molar-refractivity contribution >= 4 is 38.0 Å². The van der Waals surface area contributed by atoms with Gasteiger partial charge in [0.05, 0.1) is 23.2 Å². The van der Waals surface area contributed by atoms with E-state index in [1.54, 1.807) is 0 Å². The summed E-state index contributed by atoms with van der Waals surface area (Å²) in [4.78, 5) is 2.75. The minimum Gasteiger partial charge on any atom is -0.378 e. The van der Waals surface area contributed by atoms with Gasteiger partial charge >= 0.3 is 0 Å². The fourth-order valence-corrected chi connectivity index (χ4v) is 9.06. The van der Waals surface area contributed by atoms with E-state index in [0.717, 1.165) is 53.8 Å². The monoisotopic (exact) mass is 613 g/mol. The van der Waals surface area contributed by atoms with E-state index in [1.165, 1.54) is 43.0 Å². The van der Waals surface area contributed by atoms with E-state index in [-0.39, 0.29) is 16.5 Å². The van der Waals surface area contributed by atoms with E-state index >= 15 is 0 Å². The summed E-state index contributed by atoms with van der Waals surface area (Å²) in [6.07, 6.45) is 15.5. The van der Waals surface area contributed by atoms with Gasteiger partial charge in [-0.1, -0.05) is 79.4 Å². The van der Waals surface area contributed by atoms with Crippen LogP contribution in [-0.4, -0.2) is 9.43 Å². The second-order valence-corrected chi connectivity index (χ2v) is 14.0. The fourth-order valence-electron chi connectivity index (χ4n) is 7.28. The first-order valence-electron chi connectivity index (χ1n) is 16.1. The van der Waals surface area contributed by atoms with Crippen molar-refractivity contribution in [2.75, 3.05) is 0 Å². The van der Waals surface area contributed by atoms with Crippen LogP contribution in [0, 0.1) is 11.3 Å². The van der Waals surface area contributed by atoms with Crippen molar-refractivity contribution in [1.29, 1.82) is 5.26 Å². The van der Waals surface area contributed by atoms with Crippen molar-refractivity contribution < 1.29 is 0 Å². The molecule has 1 N–H and O–H groups in total. The number of hydrogen-bond donors (Lipinski definition) is 1. The molecule has 0 saturated carbocycles. The maximum atomic E-state index is 9.72. The van der Waals surface area contributed by atoms with Gasteiger partial charge in [0.15, 0.2) is 0 Å². The Hall–Kier alpha value is -5.11. The number of aromatic nitrogens is 1. The fraction of sp³-hybridized carbons (Fsp3) is 0.143. The van der Waals surface area contributed by atoms with E-state index in [4.69, 9.17) is 0 Å². The molecule has 3 heterocycles. The topological polar surface area (TPSA) is 40.8 Å². The van der Waals surface area contributed by atoms with Crippen LogP contribution in [-0.2, 0) is 6.42 Å². The average Bonchev–Trinajstić information content (AvgIpc) is 3.44. The van der Waals surface area contributed by atoms with Crippen LogP contribution in [0.1, 0.15) is 65.7 Å². The zero-order valence-corrected chi connectivity index (χ0v) is 26.8. The summed E-state index contributed by atoms with van der Waals surface area (Å²) in [5.74, 6) is 0. The molecule has 0 bridgehead atoms. The summed E-state index contributed by atoms with van der Waals surface area (Å²) in [5.41, 5.74) is 12.9. The number of nitrogens with one attached hydrogen (secondary N) is 1. The highest BCUT2D eigenvalue weighted by Crippen LogP contribution is 2.48. The molecule has 0 radical (unpaired) electrons. The predicted molar refractivity (Wildman–Crippen MR) is 195 cm³/mol. The number of rotatable bonds is 6. The Morgan fingerprint density at radius 3 is 2.65 bits per heavy atom. The van der Waals surface area contributed by atoms with Crippen molar-refractivity contribution in [3.63, 3.8) is 0 Å². The summed E-state index contributed by atoms with van der Waals surface area (Å²) in [6, 6.07) is 33.1. The lowest BCUT2D eigenvalue weighted by Crippen LogP contribution is -2.23. The number of nitriles is 1. The van der Waals surface area contributed by atoms with Crippen LogP contribution in [0.5, 0.6) is 0 Å². The third kappa shape index (κ3) is 4.71. The maximum Gasteiger partial charge on any atom is 0.0991 e. The van der Waals surface area contributed by atoms with Crippen LogP contribution in [0.2, 0.25) is 0 Å². The first kappa shape index (κ1) is 28.4. The Labute approximate surface area is 273 Å². The number of nitrogens with zero attached hydrogens (tertiary/aromatic N) is 2. The van der Waals surface area contributed by atoms with Crippen LogP contribution in [0.25, 0.3) is 39.5 Å². The molecule has 3 aliphatic rings. The first-order chi connectivity index (χ1) is 22.7. The first-order valence-corrected chi connectivity index (χ1v) is 17.4. The lowest BCUT2D eigenvalue weighted by Gasteiger charge is -2.27. The molecule has 1 aromatic heterocycles. The minimum absolute atomic E-state index is 0.0481. The van der Waals surface area contributed by atoms with E-state index in [1.807, 2.05) is 18.2 Å². The number of allylic oxidation sites excluding steroid dienone is 4. The van der Waals surface area contributed by atoms with Crippen LogP contribution < -0.4 is 5.32 Å². The van der Waals surface area contributed by atoms with Crippen molar-refractivity contribution in [3.05, 3.63) is 155 Å². The molecule has 2 atom stereocenters. The Kier molecular flexibility index (Phi) is 7.20. The third-order valence-corrected chi connectivity index (χ3v) is 11.4. The number of benzene rings is 4. The normalized spacial score (nSPS) is 18.3. The molecule has 4 heteroatoms. The molecule has 5 aromatic rings. The van der Waals surface area contributed by atoms with Crippen LogP contribution in [0.15, 0.2) is 126 Å². The van der Waals surface area contributed by atoms with Gasteiger partial charge < -0.3 is 9.88 Å². The molecule has 8 rings (SSSR count). The van der Waals surface area contributed by atoms with Crippen LogP contribution in [0.4, 0.5) is 0 Å². The molecule has 46 heavy (non-hydrogen) atoms. The standard InChI is InChI=1S/C42H35N3S/c1-3-12-41-36-25-40-35(26-42(36)46(41)4-2)34-17-8-9-20-39(34)45(40)33-23-31(30-16-10-13-28(21-30)27-43)22-32(24-33)38-19-11-18-37(44-38)29-14-6-5-7-15-29/h3-8,10,12-17,19,21-26,37,44H,2,9,11,18,20H2,1H3/b12-3-. The average molecular weight is 614 g/mol. The molecular weight excluding hydrogens is 579 g/mol. The summed E-state index contributed by atoms with van der Waals surface area (Å²) in [7, 11) is -0.0481. The van der Waals surface area contributed by atoms with Gasteiger partial charge in [-0.15, -0.1) is 10.5 Å². The van der Waals surface area contributed by atoms with E-state index < -0.39 is 0 Å². The maximum absolute atomic E-state index is 9.72. The molecule has 0 spiro atoms. The highest BCUT2D eigenvalue weighted by Gasteiger charge is 2.27. The van der Waals surface area contributed by atoms with Crippen LogP contribution in [0.3, 0.4) is 0 Å². The van der Waals surface area contributed by atoms with E-state index in [0.29, 0.717) is 5.56 Å². The molecule has 1 aliphatic carbocycles. The summed E-state index contributed by atoms with van der Waals surface area (Å²) < 4.78 is 2.51. The van der Waals surface area contributed by atoms with Gasteiger partial charge in [0, 0.05) is 43.4 Å². The SMILES string of the molecule is C=CS1=C(/C=C\C)c2cc3c(cc21)c1c(n3-c2cc(C3=CCCC(c4ccccc4)N3)cc(-c3cccc(C#N)c3)c2)CCC=C1. The zero-order chi connectivity index (χ0) is 31.2. The predicted octanol–water partition coefficient (Wildman–Crippen LogP) is 10.5. The molecular formula is C42H35N3S. The Bertz CT molecular complexity index is 2220. The Morgan fingerprint density at radius 2 is 1.83 bits per heavy atom. The molecule has 2 unspecified atom stereocenters. The molecule has 224 valence electrons. The molecule has 0 saturated heterocycles. The van der Waals surface area contributed by atoms with Gasteiger partial charge in [0.1, 0.15) is 0 Å². The molecule has 0 amide bonds. The van der Waals surface area contributed by atoms with Gasteiger partial charge in [-0.05, 0) is 103 Å². The van der Waals surface area contributed by atoms with Crippen molar-refractivity contribution in [2.45, 2.75) is 43.5 Å². The molecule has 2 aliphatic heterocycles. The van der Waals surface area contributed by atoms with Gasteiger partial charge in [0.25, 0.3) is 0 Å². The number of fused-ring (bicyclic) bond motifs is 4. The second kappa shape index (κ2) is 11.7. The highest BCUT2D eigenvalue weighted by atomic mass is 32.2. The second-order valence-electron chi connectivity index (χ2n) is 12.1. The molecule has 4 aromatic carbocycles. The molecule has 3 nitrogen and oxygen atoms in total. The van der Waals surface area contributed by atoms with Gasteiger partial charge in [-0.3, -0.25) is 0 Å². The minimum atomic E-state index is -0.0481. The summed E-state index contributed by atoms with van der Waals surface area (Å²) in [5, 5.41) is 17.0. The summed E-state index contributed by atoms with van der Waals surface area (Å²) in [6.45, 7) is 6.26. The lowest BCUT2D eigenvalue weighted by atomic mass is 9.94. The summed E-state index contributed by atoms with van der Waals surface area (Å²) >= 11 is 0. The highest BCUT2D eigenvalue weighted by molar-refractivity contribution is 8.20. The van der Waals surface area contributed by atoms with Gasteiger partial charge in [-0.25, -0.2) is 0 Å². The van der Waals surface area contributed by atoms with Gasteiger partial charge in [0.2, 0.25) is 0 Å². The smallest absolute Gasteiger partial charge is 0.0991 e. The quantitative estimate of drug-likeness (QED) is 0.153. The van der Waals surface area contributed by atoms with Crippen molar-refractivity contribution in [1.82, 2.24) is 9.88 Å². The third-order valence-electron chi connectivity index (χ3n) is 9.41. The Balaban J connectivity index is 1.34. The Morgan fingerprint density at radius 1 is 0.957 bits per heavy atom. The van der Waals surface area contributed by atoms with Crippen molar-refractivity contribution in [2.24, 2.45) is 0 Å². The largest absolute Gasteiger partial charge is 0.378 e. The van der Waals surface area contributed by atoms with E-state index in [9.17, 15) is 5.26 Å². The van der Waals surface area contributed by atoms with Gasteiger partial charge in [-0.2, -0.15) is 5.26 Å². The lowest BCUT2D eigenvalue weighted by molar-refractivity contribution is 0.566. The van der Waals surface area contributed by atoms with E-state index in [2.05, 4.69) is 132 Å².